The maximum Gasteiger partial charge on any atom is 0.345 e. The van der Waals surface area contributed by atoms with Crippen molar-refractivity contribution in [2.24, 2.45) is 0 Å². The van der Waals surface area contributed by atoms with Gasteiger partial charge in [-0.15, -0.1) is 0 Å². The van der Waals surface area contributed by atoms with Gasteiger partial charge < -0.3 is 23.5 Å². The van der Waals surface area contributed by atoms with Gasteiger partial charge in [0.2, 0.25) is 0 Å². The van der Waals surface area contributed by atoms with Crippen molar-refractivity contribution in [1.82, 2.24) is 0 Å². The van der Waals surface area contributed by atoms with Gasteiger partial charge in [-0.25, -0.2) is 4.79 Å². The summed E-state index contributed by atoms with van der Waals surface area (Å²) in [6, 6.07) is 8.49. The summed E-state index contributed by atoms with van der Waals surface area (Å²) in [7, 11) is -4.65. The van der Waals surface area contributed by atoms with Crippen LogP contribution in [0.4, 0.5) is 0 Å². The van der Waals surface area contributed by atoms with Crippen LogP contribution in [-0.2, 0) is 18.6 Å². The molecule has 2 atom stereocenters. The van der Waals surface area contributed by atoms with E-state index < -0.39 is 26.0 Å². The lowest BCUT2D eigenvalue weighted by atomic mass is 10.2. The summed E-state index contributed by atoms with van der Waals surface area (Å²) in [5.41, 5.74) is 0.00993. The van der Waals surface area contributed by atoms with Gasteiger partial charge in [0, 0.05) is 20.6 Å². The summed E-state index contributed by atoms with van der Waals surface area (Å²) in [6.07, 6.45) is 0. The highest BCUT2D eigenvalue weighted by atomic mass is 35.5. The predicted octanol–water partition coefficient (Wildman–Crippen LogP) is 5.51. The number of carbonyl (C=O) groups is 1. The Kier molecular flexibility index (Phi) is 8.46. The number of benzene rings is 2. The van der Waals surface area contributed by atoms with Crippen LogP contribution in [0.15, 0.2) is 36.4 Å². The number of halogens is 4. The van der Waals surface area contributed by atoms with Gasteiger partial charge in [0.1, 0.15) is 5.75 Å². The number of hydrogen-bond acceptors (Lipinski definition) is 6. The van der Waals surface area contributed by atoms with Gasteiger partial charge in [-0.2, -0.15) is 0 Å². The number of rotatable bonds is 8. The van der Waals surface area contributed by atoms with Crippen LogP contribution < -0.4 is 9.63 Å². The molecule has 2 rings (SSSR count). The SMILES string of the molecule is CCOP(=O)([O-])C(OC(=O)COc1ccc(Cl)cc1Cl)c1ccc(Cl)cc1Cl. The topological polar surface area (TPSA) is 84.9 Å². The van der Waals surface area contributed by atoms with Crippen LogP contribution in [0.25, 0.3) is 0 Å². The first kappa shape index (κ1) is 23.3. The zero-order chi connectivity index (χ0) is 20.9. The molecule has 0 radical (unpaired) electrons. The van der Waals surface area contributed by atoms with Gasteiger partial charge in [0.25, 0.3) is 0 Å². The fraction of sp³-hybridized carbons (Fsp3) is 0.235. The highest BCUT2D eigenvalue weighted by molar-refractivity contribution is 7.51. The van der Waals surface area contributed by atoms with Crippen molar-refractivity contribution in [2.45, 2.75) is 12.8 Å². The highest BCUT2D eigenvalue weighted by Crippen LogP contribution is 2.55. The lowest BCUT2D eigenvalue weighted by Crippen LogP contribution is -2.23. The smallest absolute Gasteiger partial charge is 0.345 e. The first-order valence-electron chi connectivity index (χ1n) is 7.81. The molecule has 6 nitrogen and oxygen atoms in total. The van der Waals surface area contributed by atoms with Gasteiger partial charge in [-0.3, -0.25) is 0 Å². The molecule has 0 aliphatic carbocycles. The standard InChI is InChI=1S/C17H15Cl4O6P/c1-2-26-28(23,24)17(12-5-3-10(18)7-13(12)20)27-16(22)9-25-15-6-4-11(19)8-14(15)21/h3-8,17H,2,9H2,1H3,(H,23,24)/p-1. The van der Waals surface area contributed by atoms with E-state index in [0.29, 0.717) is 5.02 Å². The number of esters is 1. The molecule has 28 heavy (non-hydrogen) atoms. The molecule has 2 unspecified atom stereocenters. The second kappa shape index (κ2) is 10.2. The van der Waals surface area contributed by atoms with Gasteiger partial charge in [-0.05, 0) is 37.3 Å². The van der Waals surface area contributed by atoms with E-state index in [1.54, 1.807) is 0 Å². The average molecular weight is 487 g/mol. The monoisotopic (exact) mass is 485 g/mol. The molecule has 0 bridgehead atoms. The maximum absolute atomic E-state index is 12.4. The molecule has 0 fully saturated rings. The molecule has 2 aromatic carbocycles. The van der Waals surface area contributed by atoms with Gasteiger partial charge >= 0.3 is 5.97 Å². The second-order valence-corrected chi connectivity index (χ2v) is 8.82. The minimum absolute atomic E-state index is 0.00254. The van der Waals surface area contributed by atoms with Crippen LogP contribution in [-0.4, -0.2) is 19.2 Å². The molecule has 0 saturated carbocycles. The Morgan fingerprint density at radius 2 is 1.68 bits per heavy atom. The Morgan fingerprint density at radius 1 is 1.07 bits per heavy atom. The molecular weight excluding hydrogens is 473 g/mol. The average Bonchev–Trinajstić information content (AvgIpc) is 2.59. The number of hydrogen-bond donors (Lipinski definition) is 0. The summed E-state index contributed by atoms with van der Waals surface area (Å²) in [5.74, 6) is -2.56. The number of ether oxygens (including phenoxy) is 2. The Hall–Kier alpha value is -0.980. The molecule has 2 aromatic rings. The molecule has 152 valence electrons. The number of carbonyl (C=O) groups excluding carboxylic acids is 1. The van der Waals surface area contributed by atoms with Crippen molar-refractivity contribution in [3.05, 3.63) is 62.1 Å². The molecule has 0 saturated heterocycles. The van der Waals surface area contributed by atoms with Crippen LogP contribution in [0.1, 0.15) is 18.3 Å². The van der Waals surface area contributed by atoms with Gasteiger partial charge in [0.05, 0.1) is 11.6 Å². The van der Waals surface area contributed by atoms with Crippen molar-refractivity contribution in [3.8, 4) is 5.75 Å². The summed E-state index contributed by atoms with van der Waals surface area (Å²) in [6.45, 7) is 0.741. The van der Waals surface area contributed by atoms with E-state index in [1.807, 2.05) is 0 Å². The third kappa shape index (κ3) is 6.26. The van der Waals surface area contributed by atoms with Crippen LogP contribution >= 0.6 is 54.0 Å². The largest absolute Gasteiger partial charge is 0.776 e. The van der Waals surface area contributed by atoms with Crippen molar-refractivity contribution in [2.75, 3.05) is 13.2 Å². The van der Waals surface area contributed by atoms with Crippen molar-refractivity contribution < 1.29 is 28.3 Å². The van der Waals surface area contributed by atoms with Crippen LogP contribution in [0.5, 0.6) is 5.75 Å². The quantitative estimate of drug-likeness (QED) is 0.361. The normalized spacial score (nSPS) is 14.2. The van der Waals surface area contributed by atoms with Gasteiger partial charge in [0.15, 0.2) is 20.0 Å². The van der Waals surface area contributed by atoms with Crippen molar-refractivity contribution in [1.29, 1.82) is 0 Å². The first-order valence-corrected chi connectivity index (χ1v) is 10.9. The first-order chi connectivity index (χ1) is 13.1. The highest BCUT2D eigenvalue weighted by Gasteiger charge is 2.31. The zero-order valence-corrected chi connectivity index (χ0v) is 18.3. The summed E-state index contributed by atoms with van der Waals surface area (Å²) < 4.78 is 27.6. The van der Waals surface area contributed by atoms with E-state index >= 15 is 0 Å². The minimum Gasteiger partial charge on any atom is -0.776 e. The Labute approximate surface area is 181 Å². The summed E-state index contributed by atoms with van der Waals surface area (Å²) in [4.78, 5) is 24.6. The van der Waals surface area contributed by atoms with Crippen LogP contribution in [0.3, 0.4) is 0 Å². The van der Waals surface area contributed by atoms with E-state index in [2.05, 4.69) is 0 Å². The van der Waals surface area contributed by atoms with Crippen molar-refractivity contribution >= 4 is 60.0 Å². The lowest BCUT2D eigenvalue weighted by molar-refractivity contribution is -0.211. The Balaban J connectivity index is 2.19. The third-order valence-corrected chi connectivity index (χ3v) is 5.98. The fourth-order valence-electron chi connectivity index (χ4n) is 2.14. The fourth-order valence-corrected chi connectivity index (χ4v) is 4.49. The second-order valence-electron chi connectivity index (χ2n) is 5.33. The molecule has 0 N–H and O–H groups in total. The van der Waals surface area contributed by atoms with E-state index in [0.717, 1.165) is 0 Å². The molecule has 0 aromatic heterocycles. The minimum atomic E-state index is -4.65. The lowest BCUT2D eigenvalue weighted by Gasteiger charge is -2.31. The molecule has 11 heteroatoms. The van der Waals surface area contributed by atoms with Crippen LogP contribution in [0, 0.1) is 0 Å². The molecule has 0 spiro atoms. The molecule has 0 heterocycles. The zero-order valence-electron chi connectivity index (χ0n) is 14.4. The van der Waals surface area contributed by atoms with Gasteiger partial charge in [-0.1, -0.05) is 52.5 Å². The van der Waals surface area contributed by atoms with Crippen molar-refractivity contribution in [3.63, 3.8) is 0 Å². The van der Waals surface area contributed by atoms with Crippen LogP contribution in [0.2, 0.25) is 20.1 Å². The molecule has 0 aliphatic rings. The van der Waals surface area contributed by atoms with E-state index in [9.17, 15) is 14.3 Å². The molecule has 0 aliphatic heterocycles. The molecule has 0 amide bonds. The molecular formula is C17H14Cl4O6P-. The maximum atomic E-state index is 12.4. The summed E-state index contributed by atoms with van der Waals surface area (Å²) >= 11 is 23.7. The Morgan fingerprint density at radius 3 is 2.25 bits per heavy atom. The predicted molar refractivity (Wildman–Crippen MR) is 106 cm³/mol. The van der Waals surface area contributed by atoms with E-state index in [-0.39, 0.29) is 33.0 Å². The van der Waals surface area contributed by atoms with E-state index in [1.165, 1.54) is 43.3 Å². The third-order valence-electron chi connectivity index (χ3n) is 3.31. The van der Waals surface area contributed by atoms with E-state index in [4.69, 9.17) is 60.4 Å². The summed E-state index contributed by atoms with van der Waals surface area (Å²) in [5, 5.41) is 0.863. The Bertz CT molecular complexity index is 907.